The van der Waals surface area contributed by atoms with E-state index < -0.39 is 0 Å². The first-order valence-corrected chi connectivity index (χ1v) is 8.75. The number of ether oxygens (including phenoxy) is 1. The molecule has 0 aliphatic heterocycles. The fourth-order valence-corrected chi connectivity index (χ4v) is 3.31. The molecule has 1 amide bonds. The normalized spacial score (nSPS) is 16.0. The van der Waals surface area contributed by atoms with Crippen LogP contribution < -0.4 is 5.32 Å². The van der Waals surface area contributed by atoms with Gasteiger partial charge in [-0.3, -0.25) is 14.9 Å². The first kappa shape index (κ1) is 18.7. The number of halogens is 1. The summed E-state index contributed by atoms with van der Waals surface area (Å²) in [5.41, 5.74) is 0.968. The van der Waals surface area contributed by atoms with Gasteiger partial charge in [-0.25, -0.2) is 0 Å². The highest BCUT2D eigenvalue weighted by Gasteiger charge is 2.35. The summed E-state index contributed by atoms with van der Waals surface area (Å²) in [7, 11) is 1.62. The van der Waals surface area contributed by atoms with Gasteiger partial charge in [-0.2, -0.15) is 0 Å². The predicted octanol–water partition coefficient (Wildman–Crippen LogP) is 2.72. The van der Waals surface area contributed by atoms with Gasteiger partial charge >= 0.3 is 5.97 Å². The largest absolute Gasteiger partial charge is 0.465 e. The molecule has 0 radical (unpaired) electrons. The van der Waals surface area contributed by atoms with Crippen LogP contribution in [0.1, 0.15) is 38.2 Å². The Morgan fingerprint density at radius 2 is 1.88 bits per heavy atom. The van der Waals surface area contributed by atoms with Crippen molar-refractivity contribution in [3.63, 3.8) is 0 Å². The molecular weight excluding hydrogens is 328 g/mol. The van der Waals surface area contributed by atoms with Crippen molar-refractivity contribution in [3.8, 4) is 0 Å². The van der Waals surface area contributed by atoms with Crippen LogP contribution in [0.25, 0.3) is 0 Å². The summed E-state index contributed by atoms with van der Waals surface area (Å²) < 4.78 is 4.88. The van der Waals surface area contributed by atoms with Crippen LogP contribution in [0.15, 0.2) is 24.3 Å². The average Bonchev–Trinajstić information content (AvgIpc) is 3.03. The molecule has 2 rings (SSSR count). The Morgan fingerprint density at radius 1 is 1.25 bits per heavy atom. The zero-order valence-electron chi connectivity index (χ0n) is 14.3. The molecule has 1 aliphatic rings. The van der Waals surface area contributed by atoms with Crippen LogP contribution in [0, 0.1) is 0 Å². The van der Waals surface area contributed by atoms with Gasteiger partial charge in [0.15, 0.2) is 0 Å². The quantitative estimate of drug-likeness (QED) is 0.766. The molecule has 0 aromatic heterocycles. The third kappa shape index (κ3) is 4.71. The van der Waals surface area contributed by atoms with Gasteiger partial charge in [0, 0.05) is 17.6 Å². The number of carbonyl (C=O) groups is 2. The number of likely N-dealkylation sites (N-methyl/N-ethyl adjacent to an activating group) is 1. The molecule has 1 aliphatic carbocycles. The molecule has 0 atom stereocenters. The van der Waals surface area contributed by atoms with Crippen molar-refractivity contribution in [2.45, 2.75) is 38.1 Å². The minimum absolute atomic E-state index is 0.0255. The van der Waals surface area contributed by atoms with Crippen molar-refractivity contribution in [3.05, 3.63) is 34.9 Å². The number of carbonyl (C=O) groups excluding carboxylic acids is 2. The molecule has 24 heavy (non-hydrogen) atoms. The Morgan fingerprint density at radius 3 is 2.46 bits per heavy atom. The lowest BCUT2D eigenvalue weighted by Crippen LogP contribution is -2.46. The van der Waals surface area contributed by atoms with Crippen LogP contribution in [-0.4, -0.2) is 43.5 Å². The van der Waals surface area contributed by atoms with Gasteiger partial charge in [-0.15, -0.1) is 0 Å². The van der Waals surface area contributed by atoms with Crippen LogP contribution in [0.5, 0.6) is 0 Å². The fourth-order valence-electron chi connectivity index (χ4n) is 3.18. The second-order valence-corrected chi connectivity index (χ2v) is 6.64. The predicted molar refractivity (Wildman–Crippen MR) is 93.9 cm³/mol. The molecule has 1 fully saturated rings. The van der Waals surface area contributed by atoms with Crippen molar-refractivity contribution in [2.24, 2.45) is 0 Å². The van der Waals surface area contributed by atoms with Gasteiger partial charge in [0.2, 0.25) is 5.91 Å². The van der Waals surface area contributed by atoms with Crippen molar-refractivity contribution < 1.29 is 14.3 Å². The number of esters is 1. The minimum atomic E-state index is -0.387. The summed E-state index contributed by atoms with van der Waals surface area (Å²) in [6.07, 6.45) is 4.23. The van der Waals surface area contributed by atoms with Gasteiger partial charge in [-0.1, -0.05) is 36.6 Å². The van der Waals surface area contributed by atoms with Gasteiger partial charge < -0.3 is 9.64 Å². The Hall–Kier alpha value is -1.59. The van der Waals surface area contributed by atoms with Crippen LogP contribution >= 0.6 is 11.6 Å². The molecule has 1 saturated carbocycles. The number of nitrogens with one attached hydrogen (secondary N) is 1. The molecule has 5 nitrogen and oxygen atoms in total. The summed E-state index contributed by atoms with van der Waals surface area (Å²) in [6, 6.07) is 7.81. The molecule has 0 bridgehead atoms. The monoisotopic (exact) mass is 352 g/mol. The van der Waals surface area contributed by atoms with Gasteiger partial charge in [0.1, 0.15) is 6.54 Å². The van der Waals surface area contributed by atoms with Gasteiger partial charge in [0.25, 0.3) is 0 Å². The molecule has 0 heterocycles. The summed E-state index contributed by atoms with van der Waals surface area (Å²) >= 11 is 5.98. The van der Waals surface area contributed by atoms with E-state index >= 15 is 0 Å². The van der Waals surface area contributed by atoms with Crippen LogP contribution in [0.4, 0.5) is 0 Å². The van der Waals surface area contributed by atoms with Crippen LogP contribution in [-0.2, 0) is 19.9 Å². The summed E-state index contributed by atoms with van der Waals surface area (Å²) in [5, 5.41) is 4.14. The number of hydrogen-bond donors (Lipinski definition) is 1. The van der Waals surface area contributed by atoms with E-state index in [2.05, 4.69) is 5.32 Å². The Labute approximate surface area is 148 Å². The van der Waals surface area contributed by atoms with E-state index in [9.17, 15) is 9.59 Å². The third-order valence-corrected chi connectivity index (χ3v) is 4.78. The smallest absolute Gasteiger partial charge is 0.325 e. The van der Waals surface area contributed by atoms with E-state index in [4.69, 9.17) is 16.3 Å². The zero-order valence-corrected chi connectivity index (χ0v) is 15.1. The fraction of sp³-hybridized carbons (Fsp3) is 0.556. The third-order valence-electron chi connectivity index (χ3n) is 4.53. The maximum atomic E-state index is 12.3. The topological polar surface area (TPSA) is 58.6 Å². The summed E-state index contributed by atoms with van der Waals surface area (Å²) in [6.45, 7) is 2.23. The lowest BCUT2D eigenvalue weighted by Gasteiger charge is -2.32. The Bertz CT molecular complexity index is 568. The molecule has 0 saturated heterocycles. The maximum absolute atomic E-state index is 12.3. The van der Waals surface area contributed by atoms with Crippen molar-refractivity contribution in [2.75, 3.05) is 26.7 Å². The average molecular weight is 353 g/mol. The van der Waals surface area contributed by atoms with Gasteiger partial charge in [0.05, 0.1) is 13.2 Å². The first-order chi connectivity index (χ1) is 11.5. The molecular formula is C18H25ClN2O3. The highest BCUT2D eigenvalue weighted by molar-refractivity contribution is 6.30. The van der Waals surface area contributed by atoms with Crippen molar-refractivity contribution >= 4 is 23.5 Å². The second-order valence-electron chi connectivity index (χ2n) is 6.20. The first-order valence-electron chi connectivity index (χ1n) is 8.37. The van der Waals surface area contributed by atoms with Crippen molar-refractivity contribution in [1.82, 2.24) is 10.2 Å². The second kappa shape index (κ2) is 8.49. The molecule has 0 unspecified atom stereocenters. The van der Waals surface area contributed by atoms with E-state index in [1.54, 1.807) is 14.0 Å². The number of hydrogen-bond acceptors (Lipinski definition) is 4. The molecule has 1 aromatic carbocycles. The molecule has 132 valence electrons. The summed E-state index contributed by atoms with van der Waals surface area (Å²) in [4.78, 5) is 25.2. The van der Waals surface area contributed by atoms with E-state index in [1.165, 1.54) is 4.90 Å². The summed E-state index contributed by atoms with van der Waals surface area (Å²) in [5.74, 6) is -0.509. The molecule has 6 heteroatoms. The number of nitrogens with zero attached hydrogens (tertiary/aromatic N) is 1. The highest BCUT2D eigenvalue weighted by Crippen LogP contribution is 2.38. The standard InChI is InChI=1S/C18H25ClN2O3/c1-3-24-17(23)13-21(2)16(22)12-20-18(10-4-5-11-18)14-6-8-15(19)9-7-14/h6-9,20H,3-5,10-13H2,1-2H3. The SMILES string of the molecule is CCOC(=O)CN(C)C(=O)CNC1(c2ccc(Cl)cc2)CCCC1. The van der Waals surface area contributed by atoms with E-state index in [0.29, 0.717) is 11.6 Å². The number of rotatable bonds is 7. The maximum Gasteiger partial charge on any atom is 0.325 e. The zero-order chi connectivity index (χ0) is 17.6. The lowest BCUT2D eigenvalue weighted by molar-refractivity contribution is -0.147. The Balaban J connectivity index is 1.97. The van der Waals surface area contributed by atoms with Crippen molar-refractivity contribution in [1.29, 1.82) is 0 Å². The highest BCUT2D eigenvalue weighted by atomic mass is 35.5. The van der Waals surface area contributed by atoms with Crippen LogP contribution in [0.2, 0.25) is 5.02 Å². The molecule has 1 N–H and O–H groups in total. The lowest BCUT2D eigenvalue weighted by atomic mass is 9.88. The minimum Gasteiger partial charge on any atom is -0.465 e. The number of amides is 1. The van der Waals surface area contributed by atoms with E-state index in [1.807, 2.05) is 24.3 Å². The van der Waals surface area contributed by atoms with Gasteiger partial charge in [-0.05, 0) is 37.5 Å². The Kier molecular flexibility index (Phi) is 6.63. The van der Waals surface area contributed by atoms with E-state index in [-0.39, 0.29) is 30.5 Å². The van der Waals surface area contributed by atoms with Crippen LogP contribution in [0.3, 0.4) is 0 Å². The molecule has 0 spiro atoms. The van der Waals surface area contributed by atoms with E-state index in [0.717, 1.165) is 31.2 Å². The molecule has 1 aromatic rings. The number of benzene rings is 1.